The van der Waals surface area contributed by atoms with E-state index in [9.17, 15) is 9.59 Å². The average Bonchev–Trinajstić information content (AvgIpc) is 2.43. The van der Waals surface area contributed by atoms with Gasteiger partial charge in [0.15, 0.2) is 5.75 Å². The molecular formula is C14H19N3O3. The minimum Gasteiger partial charge on any atom is -0.491 e. The monoisotopic (exact) mass is 277 g/mol. The first-order valence-corrected chi connectivity index (χ1v) is 6.66. The Bertz CT molecular complexity index is 530. The Morgan fingerprint density at radius 3 is 3.00 bits per heavy atom. The van der Waals surface area contributed by atoms with Crippen molar-refractivity contribution >= 4 is 17.5 Å². The molecule has 0 aromatic heterocycles. The summed E-state index contributed by atoms with van der Waals surface area (Å²) in [6.45, 7) is 4.90. The fourth-order valence-corrected chi connectivity index (χ4v) is 2.24. The molecule has 108 valence electrons. The van der Waals surface area contributed by atoms with Crippen molar-refractivity contribution in [1.82, 2.24) is 10.2 Å². The number of anilines is 1. The van der Waals surface area contributed by atoms with Gasteiger partial charge in [0.1, 0.15) is 6.04 Å². The van der Waals surface area contributed by atoms with Crippen molar-refractivity contribution < 1.29 is 14.3 Å². The number of amides is 2. The minimum absolute atomic E-state index is 0.147. The first kappa shape index (κ1) is 14.2. The number of nitrogens with two attached hydrogens (primary N) is 1. The Hall–Kier alpha value is -2.24. The number of ether oxygens (including phenoxy) is 1. The van der Waals surface area contributed by atoms with Gasteiger partial charge in [0.05, 0.1) is 17.9 Å². The van der Waals surface area contributed by atoms with E-state index in [2.05, 4.69) is 5.32 Å². The molecule has 0 bridgehead atoms. The molecule has 1 aliphatic rings. The average molecular weight is 277 g/mol. The van der Waals surface area contributed by atoms with E-state index < -0.39 is 6.04 Å². The highest BCUT2D eigenvalue weighted by Crippen LogP contribution is 2.28. The van der Waals surface area contributed by atoms with Gasteiger partial charge < -0.3 is 20.7 Å². The summed E-state index contributed by atoms with van der Waals surface area (Å²) in [4.78, 5) is 25.8. The molecule has 0 radical (unpaired) electrons. The Balaban J connectivity index is 2.33. The Labute approximate surface area is 117 Å². The molecule has 0 spiro atoms. The molecule has 6 nitrogen and oxygen atoms in total. The van der Waals surface area contributed by atoms with E-state index in [-0.39, 0.29) is 11.8 Å². The molecular weight excluding hydrogens is 258 g/mol. The van der Waals surface area contributed by atoms with E-state index >= 15 is 0 Å². The van der Waals surface area contributed by atoms with Gasteiger partial charge in [-0.05, 0) is 26.0 Å². The zero-order chi connectivity index (χ0) is 14.7. The second-order valence-electron chi connectivity index (χ2n) is 4.62. The van der Waals surface area contributed by atoms with E-state index in [1.54, 1.807) is 25.1 Å². The molecule has 2 rings (SSSR count). The summed E-state index contributed by atoms with van der Waals surface area (Å²) in [5, 5.41) is 2.73. The zero-order valence-electron chi connectivity index (χ0n) is 11.7. The number of carbonyl (C=O) groups is 2. The summed E-state index contributed by atoms with van der Waals surface area (Å²) >= 11 is 0. The minimum atomic E-state index is -0.493. The van der Waals surface area contributed by atoms with Crippen LogP contribution in [0, 0.1) is 0 Å². The fraction of sp³-hybridized carbons (Fsp3) is 0.429. The largest absolute Gasteiger partial charge is 0.491 e. The molecule has 1 saturated heterocycles. The fourth-order valence-electron chi connectivity index (χ4n) is 2.24. The second-order valence-corrected chi connectivity index (χ2v) is 4.62. The van der Waals surface area contributed by atoms with Gasteiger partial charge in [0.25, 0.3) is 5.91 Å². The van der Waals surface area contributed by atoms with E-state index in [1.807, 2.05) is 6.92 Å². The molecule has 1 heterocycles. The first-order valence-electron chi connectivity index (χ1n) is 6.66. The van der Waals surface area contributed by atoms with Crippen LogP contribution in [0.5, 0.6) is 5.75 Å². The Kier molecular flexibility index (Phi) is 4.12. The molecule has 3 N–H and O–H groups in total. The molecule has 0 saturated carbocycles. The second kappa shape index (κ2) is 5.81. The van der Waals surface area contributed by atoms with Crippen LogP contribution in [0.1, 0.15) is 24.2 Å². The third-order valence-corrected chi connectivity index (χ3v) is 3.32. The van der Waals surface area contributed by atoms with E-state index in [0.717, 1.165) is 0 Å². The number of benzene rings is 1. The van der Waals surface area contributed by atoms with Gasteiger partial charge >= 0.3 is 0 Å². The maximum atomic E-state index is 12.6. The molecule has 1 aliphatic heterocycles. The van der Waals surface area contributed by atoms with Crippen LogP contribution in [0.15, 0.2) is 18.2 Å². The number of nitrogens with zero attached hydrogens (tertiary/aromatic N) is 1. The van der Waals surface area contributed by atoms with Crippen molar-refractivity contribution in [3.63, 3.8) is 0 Å². The van der Waals surface area contributed by atoms with Gasteiger partial charge in [-0.25, -0.2) is 0 Å². The van der Waals surface area contributed by atoms with Crippen LogP contribution >= 0.6 is 0 Å². The van der Waals surface area contributed by atoms with E-state index in [0.29, 0.717) is 36.7 Å². The maximum Gasteiger partial charge on any atom is 0.258 e. The number of carbonyl (C=O) groups excluding carboxylic acids is 2. The molecule has 2 amide bonds. The van der Waals surface area contributed by atoms with Crippen molar-refractivity contribution in [2.45, 2.75) is 19.9 Å². The van der Waals surface area contributed by atoms with Gasteiger partial charge in [-0.15, -0.1) is 0 Å². The van der Waals surface area contributed by atoms with Crippen LogP contribution in [0.3, 0.4) is 0 Å². The zero-order valence-corrected chi connectivity index (χ0v) is 11.7. The number of hydrogen-bond donors (Lipinski definition) is 2. The van der Waals surface area contributed by atoms with Crippen molar-refractivity contribution in [2.75, 3.05) is 25.4 Å². The number of nitrogen functional groups attached to an aromatic ring is 1. The standard InChI is InChI=1S/C14H19N3O3/c1-3-20-12-10(5-4-6-11(12)15)14(19)17-8-7-16-13(18)9(17)2/h4-6,9H,3,7-8,15H2,1-2H3,(H,16,18). The maximum absolute atomic E-state index is 12.6. The first-order chi connectivity index (χ1) is 9.56. The number of nitrogens with one attached hydrogen (secondary N) is 1. The van der Waals surface area contributed by atoms with E-state index in [4.69, 9.17) is 10.5 Å². The van der Waals surface area contributed by atoms with E-state index in [1.165, 1.54) is 4.90 Å². The van der Waals surface area contributed by atoms with Gasteiger partial charge in [-0.1, -0.05) is 6.07 Å². The quantitative estimate of drug-likeness (QED) is 0.794. The highest BCUT2D eigenvalue weighted by molar-refractivity contribution is 6.01. The number of piperazine rings is 1. The topological polar surface area (TPSA) is 84.7 Å². The summed E-state index contributed by atoms with van der Waals surface area (Å²) in [6, 6.07) is 4.57. The highest BCUT2D eigenvalue weighted by Gasteiger charge is 2.31. The van der Waals surface area contributed by atoms with Crippen LogP contribution in [0.4, 0.5) is 5.69 Å². The summed E-state index contributed by atoms with van der Waals surface area (Å²) < 4.78 is 5.47. The van der Waals surface area contributed by atoms with Crippen LogP contribution in [0.25, 0.3) is 0 Å². The third kappa shape index (κ3) is 2.54. The van der Waals surface area contributed by atoms with Gasteiger partial charge in [-0.3, -0.25) is 9.59 Å². The number of rotatable bonds is 3. The molecule has 1 atom stereocenters. The van der Waals surface area contributed by atoms with Crippen molar-refractivity contribution in [3.05, 3.63) is 23.8 Å². The van der Waals surface area contributed by atoms with Crippen molar-refractivity contribution in [2.24, 2.45) is 0 Å². The van der Waals surface area contributed by atoms with Crippen LogP contribution in [-0.2, 0) is 4.79 Å². The van der Waals surface area contributed by atoms with Crippen LogP contribution in [-0.4, -0.2) is 42.5 Å². The SMILES string of the molecule is CCOc1c(N)cccc1C(=O)N1CCNC(=O)C1C. The summed E-state index contributed by atoms with van der Waals surface area (Å²) in [6.07, 6.45) is 0. The third-order valence-electron chi connectivity index (χ3n) is 3.32. The molecule has 1 unspecified atom stereocenters. The summed E-state index contributed by atoms with van der Waals surface area (Å²) in [5.74, 6) is 0.00717. The van der Waals surface area contributed by atoms with Crippen LogP contribution < -0.4 is 15.8 Å². The predicted octanol–water partition coefficient (Wildman–Crippen LogP) is 0.628. The smallest absolute Gasteiger partial charge is 0.258 e. The van der Waals surface area contributed by atoms with Gasteiger partial charge in [0.2, 0.25) is 5.91 Å². The Morgan fingerprint density at radius 1 is 1.55 bits per heavy atom. The normalized spacial score (nSPS) is 18.6. The number of hydrogen-bond acceptors (Lipinski definition) is 4. The summed E-state index contributed by atoms with van der Waals surface area (Å²) in [7, 11) is 0. The molecule has 0 aliphatic carbocycles. The lowest BCUT2D eigenvalue weighted by molar-refractivity contribution is -0.127. The lowest BCUT2D eigenvalue weighted by Crippen LogP contribution is -2.55. The van der Waals surface area contributed by atoms with Gasteiger partial charge in [-0.2, -0.15) is 0 Å². The molecule has 1 aromatic rings. The summed E-state index contributed by atoms with van der Waals surface area (Å²) in [5.41, 5.74) is 6.68. The number of para-hydroxylation sites is 1. The van der Waals surface area contributed by atoms with Gasteiger partial charge in [0, 0.05) is 13.1 Å². The molecule has 20 heavy (non-hydrogen) atoms. The lowest BCUT2D eigenvalue weighted by atomic mass is 10.1. The molecule has 1 aromatic carbocycles. The Morgan fingerprint density at radius 2 is 2.30 bits per heavy atom. The molecule has 1 fully saturated rings. The van der Waals surface area contributed by atoms with Crippen LogP contribution in [0.2, 0.25) is 0 Å². The lowest BCUT2D eigenvalue weighted by Gasteiger charge is -2.33. The predicted molar refractivity (Wildman–Crippen MR) is 75.5 cm³/mol. The van der Waals surface area contributed by atoms with Crippen molar-refractivity contribution in [1.29, 1.82) is 0 Å². The highest BCUT2D eigenvalue weighted by atomic mass is 16.5. The van der Waals surface area contributed by atoms with Crippen molar-refractivity contribution in [3.8, 4) is 5.75 Å². The molecule has 6 heteroatoms.